The summed E-state index contributed by atoms with van der Waals surface area (Å²) in [6.07, 6.45) is 6.36. The highest BCUT2D eigenvalue weighted by Crippen LogP contribution is 2.10. The van der Waals surface area contributed by atoms with Crippen molar-refractivity contribution in [1.29, 1.82) is 0 Å². The number of rotatable bonds is 6. The van der Waals surface area contributed by atoms with Crippen molar-refractivity contribution in [3.63, 3.8) is 0 Å². The van der Waals surface area contributed by atoms with E-state index in [0.717, 1.165) is 30.8 Å². The molecule has 3 heteroatoms. The quantitative estimate of drug-likeness (QED) is 0.811. The van der Waals surface area contributed by atoms with Crippen molar-refractivity contribution in [1.82, 2.24) is 5.32 Å². The van der Waals surface area contributed by atoms with Gasteiger partial charge in [-0.3, -0.25) is 0 Å². The maximum atomic E-state index is 5.34. The van der Waals surface area contributed by atoms with Crippen LogP contribution < -0.4 is 5.32 Å². The normalized spacial score (nSPS) is 12.8. The average Bonchev–Trinajstić information content (AvgIpc) is 2.97. The molecule has 2 aromatic rings. The molecule has 16 heavy (non-hydrogen) atoms. The minimum Gasteiger partial charge on any atom is -0.469 e. The molecule has 0 amide bonds. The monoisotopic (exact) mass is 219 g/mol. The van der Waals surface area contributed by atoms with Gasteiger partial charge in [0.2, 0.25) is 0 Å². The van der Waals surface area contributed by atoms with E-state index in [2.05, 4.69) is 5.32 Å². The fraction of sp³-hybridized carbons (Fsp3) is 0.385. The predicted octanol–water partition coefficient (Wildman–Crippen LogP) is 2.64. The van der Waals surface area contributed by atoms with E-state index in [1.165, 1.54) is 0 Å². The third-order valence-corrected chi connectivity index (χ3v) is 2.76. The zero-order valence-electron chi connectivity index (χ0n) is 9.48. The Hall–Kier alpha value is -1.48. The molecule has 0 aromatic carbocycles. The average molecular weight is 219 g/mol. The topological polar surface area (TPSA) is 38.3 Å². The SMILES string of the molecule is CNC(CCc1ccco1)Cc1ccco1. The third-order valence-electron chi connectivity index (χ3n) is 2.76. The Kier molecular flexibility index (Phi) is 3.83. The fourth-order valence-corrected chi connectivity index (χ4v) is 1.79. The maximum absolute atomic E-state index is 5.34. The van der Waals surface area contributed by atoms with Crippen LogP contribution in [0.2, 0.25) is 0 Å². The van der Waals surface area contributed by atoms with Crippen molar-refractivity contribution < 1.29 is 8.83 Å². The first-order chi connectivity index (χ1) is 7.88. The van der Waals surface area contributed by atoms with Crippen LogP contribution in [-0.2, 0) is 12.8 Å². The predicted molar refractivity (Wildman–Crippen MR) is 62.3 cm³/mol. The summed E-state index contributed by atoms with van der Waals surface area (Å²) in [5.41, 5.74) is 0. The summed E-state index contributed by atoms with van der Waals surface area (Å²) in [6.45, 7) is 0. The first-order valence-electron chi connectivity index (χ1n) is 5.60. The van der Waals surface area contributed by atoms with Gasteiger partial charge in [-0.15, -0.1) is 0 Å². The van der Waals surface area contributed by atoms with E-state index in [4.69, 9.17) is 8.83 Å². The first-order valence-corrected chi connectivity index (χ1v) is 5.60. The minimum absolute atomic E-state index is 0.427. The third kappa shape index (κ3) is 3.00. The number of nitrogens with one attached hydrogen (secondary N) is 1. The first kappa shape index (κ1) is 11.0. The van der Waals surface area contributed by atoms with Crippen molar-refractivity contribution in [2.45, 2.75) is 25.3 Å². The molecule has 2 rings (SSSR count). The zero-order chi connectivity index (χ0) is 11.2. The van der Waals surface area contributed by atoms with E-state index in [1.54, 1.807) is 12.5 Å². The van der Waals surface area contributed by atoms with Gasteiger partial charge < -0.3 is 14.2 Å². The van der Waals surface area contributed by atoms with Crippen LogP contribution >= 0.6 is 0 Å². The van der Waals surface area contributed by atoms with Gasteiger partial charge in [-0.1, -0.05) is 0 Å². The second-order valence-electron chi connectivity index (χ2n) is 3.89. The Morgan fingerprint density at radius 2 is 1.81 bits per heavy atom. The second-order valence-corrected chi connectivity index (χ2v) is 3.89. The lowest BCUT2D eigenvalue weighted by Gasteiger charge is -2.13. The molecule has 0 spiro atoms. The van der Waals surface area contributed by atoms with E-state index in [1.807, 2.05) is 31.3 Å². The van der Waals surface area contributed by atoms with Gasteiger partial charge >= 0.3 is 0 Å². The summed E-state index contributed by atoms with van der Waals surface area (Å²) < 4.78 is 10.7. The van der Waals surface area contributed by atoms with E-state index in [9.17, 15) is 0 Å². The molecule has 1 N–H and O–H groups in total. The van der Waals surface area contributed by atoms with Gasteiger partial charge in [0.15, 0.2) is 0 Å². The van der Waals surface area contributed by atoms with Crippen molar-refractivity contribution in [2.75, 3.05) is 7.05 Å². The van der Waals surface area contributed by atoms with Crippen LogP contribution in [0.3, 0.4) is 0 Å². The Morgan fingerprint density at radius 3 is 2.38 bits per heavy atom. The summed E-state index contributed by atoms with van der Waals surface area (Å²) in [5, 5.41) is 3.30. The Morgan fingerprint density at radius 1 is 1.12 bits per heavy atom. The standard InChI is InChI=1S/C13H17NO2/c1-14-11(10-13-5-3-9-16-13)6-7-12-4-2-8-15-12/h2-5,8-9,11,14H,6-7,10H2,1H3. The van der Waals surface area contributed by atoms with Crippen molar-refractivity contribution >= 4 is 0 Å². The van der Waals surface area contributed by atoms with Crippen LogP contribution in [0.5, 0.6) is 0 Å². The molecule has 1 unspecified atom stereocenters. The van der Waals surface area contributed by atoms with Gasteiger partial charge in [0.25, 0.3) is 0 Å². The largest absolute Gasteiger partial charge is 0.469 e. The van der Waals surface area contributed by atoms with Crippen LogP contribution in [0.15, 0.2) is 45.6 Å². The molecule has 0 aliphatic heterocycles. The molecule has 0 saturated carbocycles. The summed E-state index contributed by atoms with van der Waals surface area (Å²) in [4.78, 5) is 0. The molecule has 0 fully saturated rings. The van der Waals surface area contributed by atoms with Crippen molar-refractivity contribution in [2.24, 2.45) is 0 Å². The molecule has 2 aromatic heterocycles. The molecular formula is C13H17NO2. The summed E-state index contributed by atoms with van der Waals surface area (Å²) in [7, 11) is 1.98. The van der Waals surface area contributed by atoms with E-state index in [-0.39, 0.29) is 0 Å². The smallest absolute Gasteiger partial charge is 0.105 e. The molecular weight excluding hydrogens is 202 g/mol. The number of furan rings is 2. The Bertz CT molecular complexity index is 378. The zero-order valence-corrected chi connectivity index (χ0v) is 9.48. The lowest BCUT2D eigenvalue weighted by molar-refractivity contribution is 0.425. The fourth-order valence-electron chi connectivity index (χ4n) is 1.79. The molecule has 3 nitrogen and oxygen atoms in total. The van der Waals surface area contributed by atoms with Gasteiger partial charge in [-0.05, 0) is 37.7 Å². The van der Waals surface area contributed by atoms with Gasteiger partial charge in [0.05, 0.1) is 12.5 Å². The van der Waals surface area contributed by atoms with Gasteiger partial charge in [0, 0.05) is 18.9 Å². The van der Waals surface area contributed by atoms with E-state index in [0.29, 0.717) is 6.04 Å². The number of hydrogen-bond acceptors (Lipinski definition) is 3. The van der Waals surface area contributed by atoms with Crippen LogP contribution in [0.4, 0.5) is 0 Å². The molecule has 86 valence electrons. The number of likely N-dealkylation sites (N-methyl/N-ethyl adjacent to an activating group) is 1. The lowest BCUT2D eigenvalue weighted by Crippen LogP contribution is -2.27. The van der Waals surface area contributed by atoms with Crippen LogP contribution in [0.1, 0.15) is 17.9 Å². The van der Waals surface area contributed by atoms with Gasteiger partial charge in [0.1, 0.15) is 11.5 Å². The van der Waals surface area contributed by atoms with Crippen LogP contribution in [-0.4, -0.2) is 13.1 Å². The highest BCUT2D eigenvalue weighted by atomic mass is 16.3. The van der Waals surface area contributed by atoms with Crippen LogP contribution in [0.25, 0.3) is 0 Å². The van der Waals surface area contributed by atoms with Crippen molar-refractivity contribution in [3.05, 3.63) is 48.3 Å². The summed E-state index contributed by atoms with van der Waals surface area (Å²) in [5.74, 6) is 2.07. The molecule has 0 aliphatic carbocycles. The number of hydrogen-bond donors (Lipinski definition) is 1. The van der Waals surface area contributed by atoms with Crippen LogP contribution in [0, 0.1) is 0 Å². The highest BCUT2D eigenvalue weighted by molar-refractivity contribution is 5.02. The molecule has 0 radical (unpaired) electrons. The number of aryl methyl sites for hydroxylation is 1. The minimum atomic E-state index is 0.427. The highest BCUT2D eigenvalue weighted by Gasteiger charge is 2.09. The summed E-state index contributed by atoms with van der Waals surface area (Å²) >= 11 is 0. The van der Waals surface area contributed by atoms with E-state index < -0.39 is 0 Å². The molecule has 0 bridgehead atoms. The van der Waals surface area contributed by atoms with Crippen molar-refractivity contribution in [3.8, 4) is 0 Å². The molecule has 2 heterocycles. The van der Waals surface area contributed by atoms with Gasteiger partial charge in [-0.25, -0.2) is 0 Å². The second kappa shape index (κ2) is 5.56. The lowest BCUT2D eigenvalue weighted by atomic mass is 10.1. The maximum Gasteiger partial charge on any atom is 0.105 e. The molecule has 1 atom stereocenters. The summed E-state index contributed by atoms with van der Waals surface area (Å²) in [6, 6.07) is 8.30. The van der Waals surface area contributed by atoms with E-state index >= 15 is 0 Å². The molecule has 0 aliphatic rings. The van der Waals surface area contributed by atoms with Gasteiger partial charge in [-0.2, -0.15) is 0 Å². The Balaban J connectivity index is 1.81. The molecule has 0 saturated heterocycles. The Labute approximate surface area is 95.5 Å².